The van der Waals surface area contributed by atoms with Crippen molar-refractivity contribution in [1.82, 2.24) is 0 Å². The summed E-state index contributed by atoms with van der Waals surface area (Å²) in [7, 11) is -5.05. The standard InChI is InChI=1S/C12H21O10P/c1-4-19-5-7(13)8-9(20-6-12(2,3)15)10(11(14)21-8)22-23(16,17)18/h7-8,13,15H,4-6H2,1-3H3,(H2,16,17,18)/t7-,8+/m0/s1. The molecule has 11 heteroatoms. The first kappa shape index (κ1) is 19.9. The lowest BCUT2D eigenvalue weighted by atomic mass is 10.1. The van der Waals surface area contributed by atoms with Crippen LogP contribution in [-0.2, 0) is 28.1 Å². The predicted molar refractivity (Wildman–Crippen MR) is 74.8 cm³/mol. The average Bonchev–Trinajstić information content (AvgIpc) is 2.68. The molecule has 1 aliphatic rings. The molecule has 0 aromatic rings. The second-order valence-corrected chi connectivity index (χ2v) is 6.59. The molecular formula is C12H21O10P. The highest BCUT2D eigenvalue weighted by Gasteiger charge is 2.44. The summed E-state index contributed by atoms with van der Waals surface area (Å²) in [6, 6.07) is 0. The molecule has 0 saturated heterocycles. The third-order valence-electron chi connectivity index (χ3n) is 2.53. The Hall–Kier alpha value is -1.16. The van der Waals surface area contributed by atoms with Gasteiger partial charge in [-0.25, -0.2) is 9.36 Å². The number of rotatable bonds is 9. The minimum atomic E-state index is -5.05. The van der Waals surface area contributed by atoms with Gasteiger partial charge >= 0.3 is 13.8 Å². The van der Waals surface area contributed by atoms with Crippen LogP contribution in [0.3, 0.4) is 0 Å². The fourth-order valence-electron chi connectivity index (χ4n) is 1.63. The van der Waals surface area contributed by atoms with E-state index in [4.69, 9.17) is 24.0 Å². The highest BCUT2D eigenvalue weighted by atomic mass is 31.2. The van der Waals surface area contributed by atoms with E-state index < -0.39 is 43.1 Å². The lowest BCUT2D eigenvalue weighted by Gasteiger charge is -2.23. The second kappa shape index (κ2) is 7.61. The quantitative estimate of drug-likeness (QED) is 0.312. The van der Waals surface area contributed by atoms with Crippen molar-refractivity contribution >= 4 is 13.8 Å². The molecule has 1 rings (SSSR count). The van der Waals surface area contributed by atoms with E-state index in [2.05, 4.69) is 4.52 Å². The molecule has 10 nitrogen and oxygen atoms in total. The van der Waals surface area contributed by atoms with Gasteiger partial charge in [0.05, 0.1) is 12.2 Å². The van der Waals surface area contributed by atoms with Crippen LogP contribution >= 0.6 is 7.82 Å². The maximum atomic E-state index is 11.7. The van der Waals surface area contributed by atoms with Crippen molar-refractivity contribution in [2.24, 2.45) is 0 Å². The highest BCUT2D eigenvalue weighted by Crippen LogP contribution is 2.43. The summed E-state index contributed by atoms with van der Waals surface area (Å²) in [5, 5.41) is 19.7. The molecular weight excluding hydrogens is 335 g/mol. The molecule has 0 fully saturated rings. The number of carbonyl (C=O) groups excluding carboxylic acids is 1. The van der Waals surface area contributed by atoms with E-state index in [9.17, 15) is 19.6 Å². The van der Waals surface area contributed by atoms with Gasteiger partial charge in [-0.2, -0.15) is 0 Å². The number of aliphatic hydroxyl groups is 2. The molecule has 4 N–H and O–H groups in total. The molecule has 0 spiro atoms. The van der Waals surface area contributed by atoms with Gasteiger partial charge in [-0.1, -0.05) is 0 Å². The minimum Gasteiger partial charge on any atom is -0.487 e. The number of esters is 1. The topological polar surface area (TPSA) is 152 Å². The van der Waals surface area contributed by atoms with Gasteiger partial charge in [0, 0.05) is 6.61 Å². The van der Waals surface area contributed by atoms with Crippen LogP contribution < -0.4 is 0 Å². The second-order valence-electron chi connectivity index (χ2n) is 5.43. The van der Waals surface area contributed by atoms with Crippen LogP contribution in [0.25, 0.3) is 0 Å². The molecule has 0 aromatic heterocycles. The van der Waals surface area contributed by atoms with Crippen LogP contribution in [0, 0.1) is 0 Å². The van der Waals surface area contributed by atoms with E-state index >= 15 is 0 Å². The highest BCUT2D eigenvalue weighted by molar-refractivity contribution is 7.46. The largest absolute Gasteiger partial charge is 0.525 e. The van der Waals surface area contributed by atoms with E-state index in [1.807, 2.05) is 0 Å². The number of ether oxygens (including phenoxy) is 3. The van der Waals surface area contributed by atoms with Crippen LogP contribution in [0.15, 0.2) is 11.5 Å². The third-order valence-corrected chi connectivity index (χ3v) is 2.96. The number of phosphoric acid groups is 1. The molecule has 0 aliphatic carbocycles. The van der Waals surface area contributed by atoms with Crippen LogP contribution in [0.5, 0.6) is 0 Å². The Morgan fingerprint density at radius 3 is 2.48 bits per heavy atom. The molecule has 2 atom stereocenters. The minimum absolute atomic E-state index is 0.201. The van der Waals surface area contributed by atoms with Gasteiger partial charge < -0.3 is 28.9 Å². The monoisotopic (exact) mass is 356 g/mol. The lowest BCUT2D eigenvalue weighted by Crippen LogP contribution is -2.35. The number of phosphoric ester groups is 1. The number of cyclic esters (lactones) is 1. The van der Waals surface area contributed by atoms with E-state index in [1.165, 1.54) is 13.8 Å². The molecule has 0 aromatic carbocycles. The Bertz CT molecular complexity index is 502. The molecule has 0 bridgehead atoms. The Balaban J connectivity index is 3.05. The summed E-state index contributed by atoms with van der Waals surface area (Å²) in [4.78, 5) is 29.5. The zero-order chi connectivity index (χ0) is 17.8. The number of hydrogen-bond donors (Lipinski definition) is 4. The fourth-order valence-corrected chi connectivity index (χ4v) is 2.04. The first-order valence-corrected chi connectivity index (χ1v) is 8.29. The maximum Gasteiger partial charge on any atom is 0.525 e. The lowest BCUT2D eigenvalue weighted by molar-refractivity contribution is -0.149. The van der Waals surface area contributed by atoms with Gasteiger partial charge in [0.25, 0.3) is 5.76 Å². The van der Waals surface area contributed by atoms with E-state index in [-0.39, 0.29) is 13.2 Å². The molecule has 23 heavy (non-hydrogen) atoms. The van der Waals surface area contributed by atoms with Gasteiger partial charge in [0.1, 0.15) is 12.7 Å². The Kier molecular flexibility index (Phi) is 6.58. The van der Waals surface area contributed by atoms with Crippen molar-refractivity contribution in [3.63, 3.8) is 0 Å². The summed E-state index contributed by atoms with van der Waals surface area (Å²) in [6.45, 7) is 4.29. The Morgan fingerprint density at radius 1 is 1.39 bits per heavy atom. The number of hydrogen-bond acceptors (Lipinski definition) is 8. The average molecular weight is 356 g/mol. The first-order valence-electron chi connectivity index (χ1n) is 6.76. The van der Waals surface area contributed by atoms with Gasteiger partial charge in [-0.3, -0.25) is 9.79 Å². The van der Waals surface area contributed by atoms with Crippen molar-refractivity contribution in [3.05, 3.63) is 11.5 Å². The van der Waals surface area contributed by atoms with Crippen LogP contribution in [0.4, 0.5) is 0 Å². The predicted octanol–water partition coefficient (Wildman–Crippen LogP) is -0.582. The summed E-state index contributed by atoms with van der Waals surface area (Å²) >= 11 is 0. The first-order chi connectivity index (χ1) is 10.4. The van der Waals surface area contributed by atoms with E-state index in [0.717, 1.165) is 0 Å². The number of carbonyl (C=O) groups is 1. The van der Waals surface area contributed by atoms with Crippen LogP contribution in [0.1, 0.15) is 20.8 Å². The Morgan fingerprint density at radius 2 is 2.00 bits per heavy atom. The van der Waals surface area contributed by atoms with Crippen molar-refractivity contribution in [2.75, 3.05) is 19.8 Å². The maximum absolute atomic E-state index is 11.7. The van der Waals surface area contributed by atoms with Gasteiger partial charge in [-0.05, 0) is 20.8 Å². The van der Waals surface area contributed by atoms with Crippen molar-refractivity contribution < 1.29 is 48.1 Å². The van der Waals surface area contributed by atoms with Crippen molar-refractivity contribution in [2.45, 2.75) is 38.6 Å². The fraction of sp³-hybridized carbons (Fsp3) is 0.750. The molecule has 0 radical (unpaired) electrons. The zero-order valence-electron chi connectivity index (χ0n) is 13.0. The number of aliphatic hydroxyl groups excluding tert-OH is 1. The van der Waals surface area contributed by atoms with Crippen LogP contribution in [-0.4, -0.2) is 63.6 Å². The molecule has 1 aliphatic heterocycles. The molecule has 0 amide bonds. The summed E-state index contributed by atoms with van der Waals surface area (Å²) in [6.07, 6.45) is -2.70. The smallest absolute Gasteiger partial charge is 0.487 e. The van der Waals surface area contributed by atoms with E-state index in [0.29, 0.717) is 6.61 Å². The molecule has 0 unspecified atom stereocenters. The van der Waals surface area contributed by atoms with E-state index in [1.54, 1.807) is 6.92 Å². The molecule has 134 valence electrons. The Labute approximate surface area is 132 Å². The molecule has 0 saturated carbocycles. The van der Waals surface area contributed by atoms with Gasteiger partial charge in [0.2, 0.25) is 0 Å². The van der Waals surface area contributed by atoms with Crippen LogP contribution in [0.2, 0.25) is 0 Å². The van der Waals surface area contributed by atoms with Crippen molar-refractivity contribution in [1.29, 1.82) is 0 Å². The van der Waals surface area contributed by atoms with Gasteiger partial charge in [-0.15, -0.1) is 0 Å². The normalized spacial score (nSPS) is 20.5. The summed E-state index contributed by atoms with van der Waals surface area (Å²) in [5.41, 5.74) is -1.30. The molecule has 1 heterocycles. The summed E-state index contributed by atoms with van der Waals surface area (Å²) in [5.74, 6) is -2.45. The SMILES string of the molecule is CCOC[C@H](O)[C@H]1OC(=O)C(OP(=O)(O)O)=C1OCC(C)(C)O. The van der Waals surface area contributed by atoms with Crippen molar-refractivity contribution in [3.8, 4) is 0 Å². The third kappa shape index (κ3) is 6.46. The summed E-state index contributed by atoms with van der Waals surface area (Å²) < 4.78 is 30.3. The van der Waals surface area contributed by atoms with Gasteiger partial charge in [0.15, 0.2) is 11.9 Å². The zero-order valence-corrected chi connectivity index (χ0v) is 13.9.